The van der Waals surface area contributed by atoms with Crippen LogP contribution in [0.3, 0.4) is 0 Å². The van der Waals surface area contributed by atoms with E-state index in [1.54, 1.807) is 6.07 Å². The number of hydrogen-bond acceptors (Lipinski definition) is 2. The van der Waals surface area contributed by atoms with E-state index in [0.717, 1.165) is 5.56 Å². The van der Waals surface area contributed by atoms with E-state index >= 15 is 0 Å². The average Bonchev–Trinajstić information content (AvgIpc) is 2.23. The highest BCUT2D eigenvalue weighted by molar-refractivity contribution is 5.76. The summed E-state index contributed by atoms with van der Waals surface area (Å²) in [5.41, 5.74) is 0.884. The van der Waals surface area contributed by atoms with Crippen molar-refractivity contribution < 1.29 is 9.18 Å². The maximum absolute atomic E-state index is 12.9. The molecule has 1 amide bonds. The quantitative estimate of drug-likeness (QED) is 0.742. The van der Waals surface area contributed by atoms with Crippen molar-refractivity contribution >= 4 is 5.91 Å². The van der Waals surface area contributed by atoms with Crippen molar-refractivity contribution in [3.05, 3.63) is 35.6 Å². The molecule has 0 radical (unpaired) electrons. The number of nitrogens with one attached hydrogen (secondary N) is 2. The Morgan fingerprint density at radius 1 is 1.41 bits per heavy atom. The van der Waals surface area contributed by atoms with Crippen LogP contribution in [0.1, 0.15) is 25.8 Å². The van der Waals surface area contributed by atoms with Crippen molar-refractivity contribution in [1.29, 1.82) is 0 Å². The first-order valence-corrected chi connectivity index (χ1v) is 5.82. The van der Waals surface area contributed by atoms with Crippen LogP contribution >= 0.6 is 0 Å². The highest BCUT2D eigenvalue weighted by atomic mass is 19.1. The van der Waals surface area contributed by atoms with Crippen LogP contribution in [0.2, 0.25) is 0 Å². The minimum absolute atomic E-state index is 0.0340. The third-order valence-electron chi connectivity index (χ3n) is 2.20. The average molecular weight is 238 g/mol. The lowest BCUT2D eigenvalue weighted by atomic mass is 10.2. The zero-order valence-electron chi connectivity index (χ0n) is 10.3. The molecule has 0 aliphatic carbocycles. The van der Waals surface area contributed by atoms with Gasteiger partial charge in [0.1, 0.15) is 5.82 Å². The summed E-state index contributed by atoms with van der Waals surface area (Å²) in [6, 6.07) is 6.61. The van der Waals surface area contributed by atoms with E-state index in [4.69, 9.17) is 0 Å². The normalized spacial score (nSPS) is 10.6. The van der Waals surface area contributed by atoms with Gasteiger partial charge in [0.25, 0.3) is 0 Å². The number of carbonyl (C=O) groups is 1. The molecule has 0 aromatic heterocycles. The van der Waals surface area contributed by atoms with E-state index < -0.39 is 0 Å². The first-order valence-electron chi connectivity index (χ1n) is 5.82. The molecule has 1 aromatic carbocycles. The molecule has 0 bridgehead atoms. The van der Waals surface area contributed by atoms with Crippen molar-refractivity contribution in [2.24, 2.45) is 0 Å². The molecule has 3 nitrogen and oxygen atoms in total. The van der Waals surface area contributed by atoms with Gasteiger partial charge in [0.15, 0.2) is 0 Å². The van der Waals surface area contributed by atoms with Gasteiger partial charge >= 0.3 is 0 Å². The molecule has 0 aliphatic heterocycles. The standard InChI is InChI=1S/C13H19FN2O/c1-10(2)16-13(17)6-7-15-9-11-4-3-5-12(14)8-11/h3-5,8,10,15H,6-7,9H2,1-2H3,(H,16,17). The monoisotopic (exact) mass is 238 g/mol. The van der Waals surface area contributed by atoms with Crippen LogP contribution in [0.15, 0.2) is 24.3 Å². The Morgan fingerprint density at radius 2 is 2.18 bits per heavy atom. The van der Waals surface area contributed by atoms with Gasteiger partial charge < -0.3 is 10.6 Å². The number of hydrogen-bond donors (Lipinski definition) is 2. The first-order chi connectivity index (χ1) is 8.08. The summed E-state index contributed by atoms with van der Waals surface area (Å²) in [5.74, 6) is -0.200. The Bertz CT molecular complexity index is 366. The highest BCUT2D eigenvalue weighted by Gasteiger charge is 2.02. The van der Waals surface area contributed by atoms with Gasteiger partial charge in [-0.1, -0.05) is 12.1 Å². The predicted octanol–water partition coefficient (Wildman–Crippen LogP) is 1.83. The number of amides is 1. The topological polar surface area (TPSA) is 41.1 Å². The largest absolute Gasteiger partial charge is 0.354 e. The van der Waals surface area contributed by atoms with E-state index in [-0.39, 0.29) is 17.8 Å². The smallest absolute Gasteiger partial charge is 0.221 e. The summed E-state index contributed by atoms with van der Waals surface area (Å²) in [6.45, 7) is 5.03. The molecule has 0 spiro atoms. The molecule has 0 saturated carbocycles. The van der Waals surface area contributed by atoms with E-state index in [2.05, 4.69) is 10.6 Å². The van der Waals surface area contributed by atoms with Crippen molar-refractivity contribution in [2.75, 3.05) is 6.54 Å². The molecule has 0 unspecified atom stereocenters. The van der Waals surface area contributed by atoms with Crippen LogP contribution in [0.25, 0.3) is 0 Å². The van der Waals surface area contributed by atoms with Crippen molar-refractivity contribution in [3.63, 3.8) is 0 Å². The molecule has 17 heavy (non-hydrogen) atoms. The maximum Gasteiger partial charge on any atom is 0.221 e. The molecule has 2 N–H and O–H groups in total. The zero-order valence-corrected chi connectivity index (χ0v) is 10.3. The molecule has 0 heterocycles. The Balaban J connectivity index is 2.18. The summed E-state index contributed by atoms with van der Waals surface area (Å²) in [6.07, 6.45) is 0.438. The highest BCUT2D eigenvalue weighted by Crippen LogP contribution is 2.02. The van der Waals surface area contributed by atoms with Gasteiger partial charge in [-0.25, -0.2) is 4.39 Å². The molecule has 0 aliphatic rings. The fourth-order valence-corrected chi connectivity index (χ4v) is 1.48. The van der Waals surface area contributed by atoms with E-state index in [9.17, 15) is 9.18 Å². The van der Waals surface area contributed by atoms with Crippen LogP contribution in [-0.4, -0.2) is 18.5 Å². The summed E-state index contributed by atoms with van der Waals surface area (Å²) >= 11 is 0. The Hall–Kier alpha value is -1.42. The summed E-state index contributed by atoms with van der Waals surface area (Å²) in [4.78, 5) is 11.3. The molecule has 4 heteroatoms. The van der Waals surface area contributed by atoms with Crippen LogP contribution < -0.4 is 10.6 Å². The number of rotatable bonds is 6. The van der Waals surface area contributed by atoms with Gasteiger partial charge in [-0.2, -0.15) is 0 Å². The molecule has 0 fully saturated rings. The van der Waals surface area contributed by atoms with Crippen LogP contribution in [0, 0.1) is 5.82 Å². The van der Waals surface area contributed by atoms with Crippen LogP contribution in [0.5, 0.6) is 0 Å². The third kappa shape index (κ3) is 6.02. The second-order valence-electron chi connectivity index (χ2n) is 4.28. The van der Waals surface area contributed by atoms with Crippen molar-refractivity contribution in [1.82, 2.24) is 10.6 Å². The second kappa shape index (κ2) is 7.01. The van der Waals surface area contributed by atoms with Gasteiger partial charge in [-0.05, 0) is 31.5 Å². The molecular formula is C13H19FN2O. The first kappa shape index (κ1) is 13.6. The fourth-order valence-electron chi connectivity index (χ4n) is 1.48. The summed E-state index contributed by atoms with van der Waals surface area (Å²) in [7, 11) is 0. The Kier molecular flexibility index (Phi) is 5.63. The van der Waals surface area contributed by atoms with Gasteiger partial charge in [0.2, 0.25) is 5.91 Å². The summed E-state index contributed by atoms with van der Waals surface area (Å²) in [5, 5.41) is 5.92. The minimum Gasteiger partial charge on any atom is -0.354 e. The fraction of sp³-hybridized carbons (Fsp3) is 0.462. The van der Waals surface area contributed by atoms with Gasteiger partial charge in [-0.3, -0.25) is 4.79 Å². The molecular weight excluding hydrogens is 219 g/mol. The Labute approximate surface area is 101 Å². The lowest BCUT2D eigenvalue weighted by Crippen LogP contribution is -2.32. The number of halogens is 1. The minimum atomic E-state index is -0.234. The van der Waals surface area contributed by atoms with Gasteiger partial charge in [0, 0.05) is 25.6 Å². The molecule has 0 saturated heterocycles. The second-order valence-corrected chi connectivity index (χ2v) is 4.28. The van der Waals surface area contributed by atoms with E-state index in [0.29, 0.717) is 19.5 Å². The van der Waals surface area contributed by atoms with Gasteiger partial charge in [0.05, 0.1) is 0 Å². The maximum atomic E-state index is 12.9. The lowest BCUT2D eigenvalue weighted by Gasteiger charge is -2.08. The van der Waals surface area contributed by atoms with Crippen molar-refractivity contribution in [2.45, 2.75) is 32.9 Å². The Morgan fingerprint density at radius 3 is 2.82 bits per heavy atom. The molecule has 0 atom stereocenters. The third-order valence-corrected chi connectivity index (χ3v) is 2.20. The SMILES string of the molecule is CC(C)NC(=O)CCNCc1cccc(F)c1. The zero-order chi connectivity index (χ0) is 12.7. The van der Waals surface area contributed by atoms with E-state index in [1.807, 2.05) is 19.9 Å². The van der Waals surface area contributed by atoms with Crippen LogP contribution in [-0.2, 0) is 11.3 Å². The number of carbonyl (C=O) groups excluding carboxylic acids is 1. The molecule has 1 rings (SSSR count). The molecule has 1 aromatic rings. The molecule has 94 valence electrons. The lowest BCUT2D eigenvalue weighted by molar-refractivity contribution is -0.121. The predicted molar refractivity (Wildman–Crippen MR) is 66.0 cm³/mol. The van der Waals surface area contributed by atoms with Crippen molar-refractivity contribution in [3.8, 4) is 0 Å². The van der Waals surface area contributed by atoms with Gasteiger partial charge in [-0.15, -0.1) is 0 Å². The number of benzene rings is 1. The summed E-state index contributed by atoms with van der Waals surface area (Å²) < 4.78 is 12.9. The van der Waals surface area contributed by atoms with E-state index in [1.165, 1.54) is 12.1 Å². The van der Waals surface area contributed by atoms with Crippen LogP contribution in [0.4, 0.5) is 4.39 Å².